The summed E-state index contributed by atoms with van der Waals surface area (Å²) < 4.78 is 0. The van der Waals surface area contributed by atoms with Gasteiger partial charge in [0.2, 0.25) is 0 Å². The molecule has 0 heterocycles. The maximum atomic E-state index is 2.42. The fourth-order valence-corrected chi connectivity index (χ4v) is 11.1. The van der Waals surface area contributed by atoms with E-state index in [9.17, 15) is 0 Å². The molecule has 0 spiro atoms. The highest BCUT2D eigenvalue weighted by Crippen LogP contribution is 2.54. The van der Waals surface area contributed by atoms with E-state index in [0.29, 0.717) is 0 Å². The lowest BCUT2D eigenvalue weighted by atomic mass is 10.3. The highest BCUT2D eigenvalue weighted by Gasteiger charge is 2.47. The first-order chi connectivity index (χ1) is 15.6. The van der Waals surface area contributed by atoms with Gasteiger partial charge in [0.05, 0.1) is 16.1 Å². The molecule has 168 valence electrons. The Morgan fingerprint density at radius 3 is 0.909 bits per heavy atom. The molecule has 0 fully saturated rings. The highest BCUT2D eigenvalue weighted by atomic mass is 31.2. The molecule has 0 saturated carbocycles. The predicted octanol–water partition coefficient (Wildman–Crippen LogP) is 5.40. The summed E-state index contributed by atoms with van der Waals surface area (Å²) in [6.07, 6.45) is 0. The fourth-order valence-electron chi connectivity index (χ4n) is 4.57. The highest BCUT2D eigenvalue weighted by molar-refractivity contribution is 8.01. The maximum absolute atomic E-state index is 2.42. The van der Waals surface area contributed by atoms with Crippen molar-refractivity contribution in [3.8, 4) is 0 Å². The molecule has 4 rings (SSSR count). The van der Waals surface area contributed by atoms with Crippen molar-refractivity contribution in [2.75, 3.05) is 0 Å². The van der Waals surface area contributed by atoms with E-state index in [1.807, 2.05) is 0 Å². The lowest BCUT2D eigenvalue weighted by Crippen LogP contribution is -2.42. The smallest absolute Gasteiger partial charge is 0.0656 e. The molecular formula is C30H36PSi2+. The molecular weight excluding hydrogens is 447 g/mol. The van der Waals surface area contributed by atoms with Gasteiger partial charge in [0.1, 0.15) is 28.5 Å². The standard InChI is InChI=1S/C30H36PSi2/c1-32(2,3)29-21-17-27(18-22-29)31(25-13-9-7-10-14-25,26-15-11-8-12-16-26)28-19-23-30(24-20-28)33(4,5)6/h7-24H,1-6H3/q+1. The van der Waals surface area contributed by atoms with Gasteiger partial charge in [-0.05, 0) is 48.5 Å². The van der Waals surface area contributed by atoms with Crippen molar-refractivity contribution in [1.82, 2.24) is 0 Å². The molecule has 0 bridgehead atoms. The second-order valence-corrected chi connectivity index (χ2v) is 24.5. The quantitative estimate of drug-likeness (QED) is 0.255. The molecule has 0 unspecified atom stereocenters. The van der Waals surface area contributed by atoms with Crippen molar-refractivity contribution >= 4 is 55.0 Å². The largest absolute Gasteiger partial charge is 0.144 e. The number of benzene rings is 4. The second kappa shape index (κ2) is 9.18. The van der Waals surface area contributed by atoms with Crippen molar-refractivity contribution in [2.24, 2.45) is 0 Å². The number of rotatable bonds is 6. The van der Waals surface area contributed by atoms with Crippen LogP contribution in [0.4, 0.5) is 0 Å². The zero-order chi connectivity index (χ0) is 23.7. The van der Waals surface area contributed by atoms with Crippen molar-refractivity contribution in [3.05, 3.63) is 109 Å². The topological polar surface area (TPSA) is 0 Å². The number of hydrogen-bond acceptors (Lipinski definition) is 0. The molecule has 0 saturated heterocycles. The summed E-state index contributed by atoms with van der Waals surface area (Å²) in [5, 5.41) is 8.72. The normalized spacial score (nSPS) is 12.5. The monoisotopic (exact) mass is 483 g/mol. The molecule has 0 aromatic heterocycles. The molecule has 0 aliphatic rings. The third-order valence-electron chi connectivity index (χ3n) is 6.53. The zero-order valence-corrected chi connectivity index (χ0v) is 23.7. The predicted molar refractivity (Wildman–Crippen MR) is 157 cm³/mol. The van der Waals surface area contributed by atoms with Crippen LogP contribution in [0.5, 0.6) is 0 Å². The zero-order valence-electron chi connectivity index (χ0n) is 20.8. The third kappa shape index (κ3) is 4.71. The molecule has 0 amide bonds. The minimum absolute atomic E-state index is 1.36. The Kier molecular flexibility index (Phi) is 6.64. The summed E-state index contributed by atoms with van der Waals surface area (Å²) >= 11 is 0. The Labute approximate surface area is 203 Å². The molecule has 3 heteroatoms. The van der Waals surface area contributed by atoms with Gasteiger partial charge >= 0.3 is 0 Å². The molecule has 4 aromatic carbocycles. The number of hydrogen-bond donors (Lipinski definition) is 0. The maximum Gasteiger partial charge on any atom is 0.144 e. The summed E-state index contributed by atoms with van der Waals surface area (Å²) in [4.78, 5) is 0. The molecule has 0 atom stereocenters. The first kappa shape index (κ1) is 23.9. The minimum Gasteiger partial charge on any atom is -0.0656 e. The van der Waals surface area contributed by atoms with Crippen LogP contribution in [0.25, 0.3) is 0 Å². The first-order valence-corrected chi connectivity index (χ1v) is 20.6. The summed E-state index contributed by atoms with van der Waals surface area (Å²) in [6, 6.07) is 41.7. The Hall–Kier alpha value is -2.26. The van der Waals surface area contributed by atoms with Gasteiger partial charge < -0.3 is 0 Å². The van der Waals surface area contributed by atoms with Gasteiger partial charge in [-0.25, -0.2) is 0 Å². The van der Waals surface area contributed by atoms with Crippen LogP contribution in [-0.2, 0) is 0 Å². The van der Waals surface area contributed by atoms with Crippen molar-refractivity contribution in [2.45, 2.75) is 39.3 Å². The van der Waals surface area contributed by atoms with Crippen LogP contribution in [0.3, 0.4) is 0 Å². The Balaban J connectivity index is 2.04. The van der Waals surface area contributed by atoms with E-state index in [-0.39, 0.29) is 0 Å². The van der Waals surface area contributed by atoms with E-state index in [0.717, 1.165) is 0 Å². The van der Waals surface area contributed by atoms with Crippen LogP contribution in [0, 0.1) is 0 Å². The fraction of sp³-hybridized carbons (Fsp3) is 0.200. The van der Waals surface area contributed by atoms with E-state index in [1.54, 1.807) is 0 Å². The van der Waals surface area contributed by atoms with E-state index in [2.05, 4.69) is 148 Å². The Morgan fingerprint density at radius 2 is 0.636 bits per heavy atom. The third-order valence-corrected chi connectivity index (χ3v) is 14.9. The second-order valence-electron chi connectivity index (χ2n) is 10.9. The molecule has 4 aromatic rings. The van der Waals surface area contributed by atoms with Crippen LogP contribution in [0.1, 0.15) is 0 Å². The molecule has 0 aliphatic carbocycles. The molecule has 0 aliphatic heterocycles. The summed E-state index contributed by atoms with van der Waals surface area (Å²) in [7, 11) is -4.75. The van der Waals surface area contributed by atoms with Crippen LogP contribution in [0.15, 0.2) is 109 Å². The summed E-state index contributed by atoms with van der Waals surface area (Å²) in [6.45, 7) is 14.5. The molecule has 33 heavy (non-hydrogen) atoms. The van der Waals surface area contributed by atoms with E-state index in [1.165, 1.54) is 31.6 Å². The summed E-state index contributed by atoms with van der Waals surface area (Å²) in [5.41, 5.74) is 0. The van der Waals surface area contributed by atoms with Gasteiger partial charge in [-0.2, -0.15) is 0 Å². The van der Waals surface area contributed by atoms with Crippen LogP contribution in [0.2, 0.25) is 39.3 Å². The Morgan fingerprint density at radius 1 is 0.364 bits per heavy atom. The van der Waals surface area contributed by atoms with Gasteiger partial charge in [0.25, 0.3) is 0 Å². The van der Waals surface area contributed by atoms with Crippen LogP contribution >= 0.6 is 7.26 Å². The van der Waals surface area contributed by atoms with E-state index < -0.39 is 23.4 Å². The van der Waals surface area contributed by atoms with Gasteiger partial charge in [-0.1, -0.05) is 110 Å². The van der Waals surface area contributed by atoms with Crippen molar-refractivity contribution in [1.29, 1.82) is 0 Å². The Bertz CT molecular complexity index is 1090. The van der Waals surface area contributed by atoms with Gasteiger partial charge in [0.15, 0.2) is 0 Å². The van der Waals surface area contributed by atoms with E-state index >= 15 is 0 Å². The first-order valence-electron chi connectivity index (χ1n) is 11.9. The minimum atomic E-state index is -2.02. The molecule has 0 radical (unpaired) electrons. The van der Waals surface area contributed by atoms with Gasteiger partial charge in [-0.3, -0.25) is 0 Å². The van der Waals surface area contributed by atoms with E-state index in [4.69, 9.17) is 0 Å². The van der Waals surface area contributed by atoms with Gasteiger partial charge in [-0.15, -0.1) is 0 Å². The van der Waals surface area contributed by atoms with Gasteiger partial charge in [0, 0.05) is 0 Å². The van der Waals surface area contributed by atoms with Crippen molar-refractivity contribution in [3.63, 3.8) is 0 Å². The average molecular weight is 484 g/mol. The molecule has 0 nitrogen and oxygen atoms in total. The summed E-state index contributed by atoms with van der Waals surface area (Å²) in [5.74, 6) is 0. The SMILES string of the molecule is C[Si](C)(C)c1ccc([P+](c2ccccc2)(c2ccccc2)c2ccc([Si](C)(C)C)cc2)cc1. The molecule has 0 N–H and O–H groups in total. The van der Waals surface area contributed by atoms with Crippen LogP contribution in [-0.4, -0.2) is 16.1 Å². The van der Waals surface area contributed by atoms with Crippen LogP contribution < -0.4 is 31.6 Å². The lowest BCUT2D eigenvalue weighted by molar-refractivity contribution is 1.68. The van der Waals surface area contributed by atoms with Crippen molar-refractivity contribution < 1.29 is 0 Å². The lowest BCUT2D eigenvalue weighted by Gasteiger charge is -2.29. The average Bonchev–Trinajstić information content (AvgIpc) is 2.81.